The van der Waals surface area contributed by atoms with Crippen LogP contribution in [0.15, 0.2) is 54.7 Å². The second-order valence-corrected chi connectivity index (χ2v) is 21.3. The van der Waals surface area contributed by atoms with Crippen molar-refractivity contribution < 1.29 is 78.2 Å². The number of carbonyl (C=O) groups is 9. The quantitative estimate of drug-likeness (QED) is 0.0335. The van der Waals surface area contributed by atoms with E-state index in [1.54, 1.807) is 53.8 Å². The molecule has 0 radical (unpaired) electrons. The van der Waals surface area contributed by atoms with Crippen LogP contribution < -0.4 is 37.2 Å². The predicted octanol–water partition coefficient (Wildman–Crippen LogP) is -0.724. The lowest BCUT2D eigenvalue weighted by Crippen LogP contribution is -2.62. The Balaban J connectivity index is 1.38. The molecule has 0 aliphatic carbocycles. The van der Waals surface area contributed by atoms with E-state index in [0.29, 0.717) is 24.0 Å². The van der Waals surface area contributed by atoms with Gasteiger partial charge in [0, 0.05) is 55.1 Å². The van der Waals surface area contributed by atoms with Crippen LogP contribution in [0.4, 0.5) is 0 Å². The molecule has 1 aromatic heterocycles. The largest absolute Gasteiger partial charge is 0.508 e. The van der Waals surface area contributed by atoms with E-state index in [0.717, 1.165) is 15.8 Å². The number of carboxylic acids is 1. The number of para-hydroxylation sites is 1. The molecule has 2 heterocycles. The Bertz CT molecular complexity index is 2570. The number of ether oxygens (including phenoxy) is 2. The molecule has 1 aliphatic heterocycles. The molecular formula is C55H81N9O16. The van der Waals surface area contributed by atoms with Crippen molar-refractivity contribution in [3.63, 3.8) is 0 Å². The van der Waals surface area contributed by atoms with Crippen LogP contribution in [0.1, 0.15) is 85.3 Å². The molecule has 25 heteroatoms. The van der Waals surface area contributed by atoms with E-state index in [1.807, 2.05) is 18.2 Å². The van der Waals surface area contributed by atoms with E-state index in [4.69, 9.17) is 14.6 Å². The molecule has 25 nitrogen and oxygen atoms in total. The maximum atomic E-state index is 14.2. The summed E-state index contributed by atoms with van der Waals surface area (Å²) in [5.41, 5.74) is 1.14. The van der Waals surface area contributed by atoms with Gasteiger partial charge in [0.25, 0.3) is 0 Å². The standard InChI is InChI=1S/C55H81N9O16/c1-31(2)25-39(58-44(69)30-80-24-23-79-22-19-56-54(78)55(6,7)18-21-65)48(71)63-46(33(5)67)51(74)62-45(32(3)4)50(73)61-42(29-66)52(75)64-20-10-13-43(64)49(72)59-40(27-35-28-57-38-12-9-8-11-37(35)38)47(70)60-41(53(76)77)26-34-14-16-36(68)17-15-34/h8-9,11-12,14-17,28,31-33,39-43,45-46,57,65-68H,10,13,18-27,29-30H2,1-7H3,(H,56,78)(H,58,69)(H,59,72)(H,60,70)(H,61,73)(H,62,74)(H,63,71)(H,76,77)/t33-,39+,40+,41+,42+,43+,45?,46+/m1/s1. The molecule has 1 fully saturated rings. The fourth-order valence-electron chi connectivity index (χ4n) is 8.92. The first-order valence-corrected chi connectivity index (χ1v) is 26.9. The zero-order valence-corrected chi connectivity index (χ0v) is 46.5. The van der Waals surface area contributed by atoms with Gasteiger partial charge in [-0.05, 0) is 73.8 Å². The van der Waals surface area contributed by atoms with Crippen LogP contribution in [0.5, 0.6) is 5.75 Å². The summed E-state index contributed by atoms with van der Waals surface area (Å²) >= 11 is 0. The summed E-state index contributed by atoms with van der Waals surface area (Å²) in [6.45, 7) is 10.5. The van der Waals surface area contributed by atoms with Gasteiger partial charge < -0.3 is 82.1 Å². The Hall–Kier alpha value is -7.19. The smallest absolute Gasteiger partial charge is 0.326 e. The Labute approximate surface area is 465 Å². The Morgan fingerprint density at radius 3 is 2.01 bits per heavy atom. The highest BCUT2D eigenvalue weighted by Gasteiger charge is 2.41. The maximum absolute atomic E-state index is 14.2. The zero-order valence-electron chi connectivity index (χ0n) is 46.5. The molecule has 2 aromatic carbocycles. The average molecular weight is 1120 g/mol. The number of aromatic amines is 1. The molecule has 1 unspecified atom stereocenters. The number of nitrogens with one attached hydrogen (secondary N) is 8. The number of hydrogen-bond acceptors (Lipinski definition) is 15. The van der Waals surface area contributed by atoms with E-state index < -0.39 is 120 Å². The monoisotopic (exact) mass is 1120 g/mol. The number of aliphatic hydroxyl groups excluding tert-OH is 3. The third-order valence-electron chi connectivity index (χ3n) is 13.5. The van der Waals surface area contributed by atoms with E-state index in [9.17, 15) is 63.6 Å². The number of likely N-dealkylation sites (tertiary alicyclic amines) is 1. The highest BCUT2D eigenvalue weighted by atomic mass is 16.5. The van der Waals surface area contributed by atoms with Crippen molar-refractivity contribution in [2.75, 3.05) is 52.7 Å². The first-order chi connectivity index (χ1) is 37.9. The van der Waals surface area contributed by atoms with Gasteiger partial charge in [0.1, 0.15) is 54.6 Å². The minimum Gasteiger partial charge on any atom is -0.508 e. The van der Waals surface area contributed by atoms with Gasteiger partial charge in [-0.1, -0.05) is 71.9 Å². The van der Waals surface area contributed by atoms with Gasteiger partial charge in [0.05, 0.1) is 32.5 Å². The number of fused-ring (bicyclic) bond motifs is 1. The number of aromatic nitrogens is 1. The molecule has 0 spiro atoms. The number of amides is 8. The first kappa shape index (κ1) is 65.3. The molecule has 0 bridgehead atoms. The molecule has 442 valence electrons. The lowest BCUT2D eigenvalue weighted by molar-refractivity contribution is -0.144. The van der Waals surface area contributed by atoms with E-state index in [-0.39, 0.29) is 82.8 Å². The van der Waals surface area contributed by atoms with Crippen molar-refractivity contribution in [1.29, 1.82) is 0 Å². The van der Waals surface area contributed by atoms with Crippen molar-refractivity contribution >= 4 is 64.1 Å². The van der Waals surface area contributed by atoms with Gasteiger partial charge in [-0.3, -0.25) is 38.4 Å². The number of hydrogen-bond donors (Lipinski definition) is 13. The number of nitrogens with zero attached hydrogens (tertiary/aromatic N) is 1. The molecule has 1 saturated heterocycles. The fourth-order valence-corrected chi connectivity index (χ4v) is 8.92. The summed E-state index contributed by atoms with van der Waals surface area (Å²) in [4.78, 5) is 126. The average Bonchev–Trinajstić information content (AvgIpc) is 4.07. The number of carboxylic acid groups (broad SMARTS) is 1. The number of carbonyl (C=O) groups excluding carboxylic acids is 8. The topological polar surface area (TPSA) is 376 Å². The molecule has 0 saturated carbocycles. The number of aromatic hydroxyl groups is 1. The lowest BCUT2D eigenvalue weighted by atomic mass is 9.89. The Morgan fingerprint density at radius 2 is 1.38 bits per heavy atom. The summed E-state index contributed by atoms with van der Waals surface area (Å²) in [5.74, 6) is -8.24. The minimum atomic E-state index is -1.64. The molecule has 4 rings (SSSR count). The van der Waals surface area contributed by atoms with Gasteiger partial charge in [0.2, 0.25) is 47.3 Å². The summed E-state index contributed by atoms with van der Waals surface area (Å²) in [7, 11) is 0. The molecule has 1 aliphatic rings. The normalized spacial score (nSPS) is 16.1. The van der Waals surface area contributed by atoms with Gasteiger partial charge in [-0.25, -0.2) is 4.79 Å². The molecule has 8 atom stereocenters. The Kier molecular flexibility index (Phi) is 25.8. The molecule has 3 aromatic rings. The number of phenols is 1. The van der Waals surface area contributed by atoms with Crippen molar-refractivity contribution in [2.24, 2.45) is 17.3 Å². The number of H-pyrrole nitrogens is 1. The van der Waals surface area contributed by atoms with Crippen molar-refractivity contribution in [2.45, 2.75) is 135 Å². The van der Waals surface area contributed by atoms with Gasteiger partial charge in [-0.15, -0.1) is 0 Å². The van der Waals surface area contributed by atoms with E-state index in [1.165, 1.54) is 31.2 Å². The third-order valence-corrected chi connectivity index (χ3v) is 13.5. The van der Waals surface area contributed by atoms with Gasteiger partial charge >= 0.3 is 5.97 Å². The zero-order chi connectivity index (χ0) is 59.3. The van der Waals surface area contributed by atoms with Gasteiger partial charge in [0.15, 0.2) is 0 Å². The van der Waals surface area contributed by atoms with Crippen LogP contribution in [0.25, 0.3) is 10.9 Å². The van der Waals surface area contributed by atoms with Crippen LogP contribution in [0.3, 0.4) is 0 Å². The summed E-state index contributed by atoms with van der Waals surface area (Å²) in [6, 6.07) is 3.19. The molecule has 80 heavy (non-hydrogen) atoms. The summed E-state index contributed by atoms with van der Waals surface area (Å²) in [5, 5.41) is 69.0. The molecular weight excluding hydrogens is 1040 g/mol. The number of aliphatic carboxylic acids is 1. The van der Waals surface area contributed by atoms with Gasteiger partial charge in [-0.2, -0.15) is 0 Å². The molecule has 8 amide bonds. The van der Waals surface area contributed by atoms with E-state index >= 15 is 0 Å². The first-order valence-electron chi connectivity index (χ1n) is 26.9. The SMILES string of the molecule is CC(C)C[C@H](NC(=O)COCCOCCNC(=O)C(C)(C)CCO)C(=O)N[C@H](C(=O)NC(C(=O)N[C@@H](CO)C(=O)N1CCC[C@H]1C(=O)N[C@@H](Cc1c[nH]c2ccccc12)C(=O)N[C@@H](Cc1ccc(O)cc1)C(=O)O)C(C)C)[C@@H](C)O. The second-order valence-electron chi connectivity index (χ2n) is 21.3. The van der Waals surface area contributed by atoms with Crippen molar-refractivity contribution in [1.82, 2.24) is 47.1 Å². The Morgan fingerprint density at radius 1 is 0.738 bits per heavy atom. The lowest BCUT2D eigenvalue weighted by Gasteiger charge is -2.31. The number of phenolic OH excluding ortho intramolecular Hbond substituents is 1. The second kappa shape index (κ2) is 31.6. The van der Waals surface area contributed by atoms with Crippen LogP contribution in [0.2, 0.25) is 0 Å². The van der Waals surface area contributed by atoms with Crippen LogP contribution in [0, 0.1) is 17.3 Å². The number of rotatable bonds is 33. The summed E-state index contributed by atoms with van der Waals surface area (Å²) < 4.78 is 10.8. The van der Waals surface area contributed by atoms with Crippen LogP contribution >= 0.6 is 0 Å². The van der Waals surface area contributed by atoms with Crippen LogP contribution in [-0.2, 0) is 65.5 Å². The van der Waals surface area contributed by atoms with E-state index in [2.05, 4.69) is 42.2 Å². The maximum Gasteiger partial charge on any atom is 0.326 e. The highest BCUT2D eigenvalue weighted by Crippen LogP contribution is 2.23. The minimum absolute atomic E-state index is 0.0106. The number of aliphatic hydroxyl groups is 3. The fraction of sp³-hybridized carbons (Fsp3) is 0.582. The van der Waals surface area contributed by atoms with Crippen molar-refractivity contribution in [3.8, 4) is 5.75 Å². The van der Waals surface area contributed by atoms with Crippen molar-refractivity contribution in [3.05, 3.63) is 65.9 Å². The highest BCUT2D eigenvalue weighted by molar-refractivity contribution is 5.98. The number of benzene rings is 2. The summed E-state index contributed by atoms with van der Waals surface area (Å²) in [6.07, 6.45) is 0.786. The third kappa shape index (κ3) is 19.9. The van der Waals surface area contributed by atoms with Crippen LogP contribution in [-0.4, -0.2) is 190 Å². The predicted molar refractivity (Wildman–Crippen MR) is 291 cm³/mol. The molecule has 13 N–H and O–H groups in total.